The van der Waals surface area contributed by atoms with Crippen LogP contribution in [0.15, 0.2) is 30.6 Å². The summed E-state index contributed by atoms with van der Waals surface area (Å²) in [5.41, 5.74) is 4.59. The highest BCUT2D eigenvalue weighted by Gasteiger charge is 2.32. The molecule has 16 heavy (non-hydrogen) atoms. The van der Waals surface area contributed by atoms with Crippen molar-refractivity contribution in [1.29, 1.82) is 0 Å². The summed E-state index contributed by atoms with van der Waals surface area (Å²) >= 11 is 0. The van der Waals surface area contributed by atoms with Crippen molar-refractivity contribution in [3.8, 4) is 5.82 Å². The number of rotatable bonds is 1. The Labute approximate surface area is 88.5 Å². The number of hydrogen-bond acceptors (Lipinski definition) is 3. The van der Waals surface area contributed by atoms with E-state index in [1.165, 1.54) is 12.1 Å². The second-order valence-corrected chi connectivity index (χ2v) is 3.09. The van der Waals surface area contributed by atoms with E-state index in [0.717, 1.165) is 17.1 Å². The van der Waals surface area contributed by atoms with E-state index in [0.29, 0.717) is 0 Å². The van der Waals surface area contributed by atoms with Gasteiger partial charge in [-0.15, -0.1) is 0 Å². The smallest absolute Gasteiger partial charge is 0.384 e. The van der Waals surface area contributed by atoms with Crippen LogP contribution < -0.4 is 5.73 Å². The highest BCUT2D eigenvalue weighted by Crippen LogP contribution is 2.28. The molecule has 0 bridgehead atoms. The molecule has 0 aliphatic rings. The number of anilines is 1. The van der Waals surface area contributed by atoms with Crippen molar-refractivity contribution in [2.75, 3.05) is 5.73 Å². The number of halogens is 3. The third-order valence-electron chi connectivity index (χ3n) is 1.90. The second kappa shape index (κ2) is 3.51. The van der Waals surface area contributed by atoms with Gasteiger partial charge in [-0.2, -0.15) is 18.3 Å². The fraction of sp³-hybridized carbons (Fsp3) is 0.111. The van der Waals surface area contributed by atoms with Crippen molar-refractivity contribution in [3.05, 3.63) is 36.2 Å². The Hall–Kier alpha value is -2.05. The minimum Gasteiger partial charge on any atom is -0.384 e. The third kappa shape index (κ3) is 1.97. The molecule has 84 valence electrons. The van der Waals surface area contributed by atoms with Crippen molar-refractivity contribution in [3.63, 3.8) is 0 Å². The highest BCUT2D eigenvalue weighted by atomic mass is 19.4. The Morgan fingerprint density at radius 3 is 2.56 bits per heavy atom. The van der Waals surface area contributed by atoms with Gasteiger partial charge in [0.2, 0.25) is 0 Å². The molecule has 0 spiro atoms. The lowest BCUT2D eigenvalue weighted by Gasteiger charge is -2.02. The molecule has 0 fully saturated rings. The Balaban J connectivity index is 2.39. The predicted molar refractivity (Wildman–Crippen MR) is 50.8 cm³/mol. The zero-order valence-corrected chi connectivity index (χ0v) is 7.94. The van der Waals surface area contributed by atoms with E-state index in [-0.39, 0.29) is 11.6 Å². The number of aromatic nitrogens is 3. The van der Waals surface area contributed by atoms with Crippen molar-refractivity contribution >= 4 is 5.82 Å². The lowest BCUT2D eigenvalue weighted by Crippen LogP contribution is -2.03. The van der Waals surface area contributed by atoms with Crippen LogP contribution in [0.25, 0.3) is 5.82 Å². The second-order valence-electron chi connectivity index (χ2n) is 3.09. The van der Waals surface area contributed by atoms with E-state index < -0.39 is 11.7 Å². The van der Waals surface area contributed by atoms with Crippen molar-refractivity contribution in [2.45, 2.75) is 6.18 Å². The molecule has 0 aliphatic heterocycles. The van der Waals surface area contributed by atoms with Gasteiger partial charge in [-0.1, -0.05) is 6.07 Å². The Bertz CT molecular complexity index is 503. The lowest BCUT2D eigenvalue weighted by molar-refractivity contribution is -0.137. The molecule has 0 unspecified atom stereocenters. The molecular formula is C9H7F3N4. The van der Waals surface area contributed by atoms with Crippen molar-refractivity contribution in [1.82, 2.24) is 14.8 Å². The monoisotopic (exact) mass is 228 g/mol. The summed E-state index contributed by atoms with van der Waals surface area (Å²) in [6, 6.07) is 4.65. The number of nitrogens with zero attached hydrogens (tertiary/aromatic N) is 3. The standard InChI is InChI=1S/C9H7F3N4/c10-9(11,12)6-4-14-16(5-6)8-3-1-2-7(13)15-8/h1-5H,(H2,13,15). The molecule has 2 rings (SSSR count). The number of nitrogens with two attached hydrogens (primary N) is 1. The highest BCUT2D eigenvalue weighted by molar-refractivity contribution is 5.35. The summed E-state index contributed by atoms with van der Waals surface area (Å²) in [6.45, 7) is 0. The molecule has 2 aromatic heterocycles. The van der Waals surface area contributed by atoms with Crippen LogP contribution in [0, 0.1) is 0 Å². The Kier molecular flexibility index (Phi) is 2.30. The maximum absolute atomic E-state index is 12.3. The summed E-state index contributed by atoms with van der Waals surface area (Å²) in [5.74, 6) is 0.469. The molecule has 0 aromatic carbocycles. The first-order valence-corrected chi connectivity index (χ1v) is 4.31. The SMILES string of the molecule is Nc1cccc(-n2cc(C(F)(F)F)cn2)n1. The number of nitrogen functional groups attached to an aromatic ring is 1. The molecule has 2 N–H and O–H groups in total. The van der Waals surface area contributed by atoms with E-state index in [4.69, 9.17) is 5.73 Å². The van der Waals surface area contributed by atoms with E-state index in [2.05, 4.69) is 10.1 Å². The van der Waals surface area contributed by atoms with Gasteiger partial charge in [0, 0.05) is 6.20 Å². The summed E-state index contributed by atoms with van der Waals surface area (Å²) in [7, 11) is 0. The van der Waals surface area contributed by atoms with Gasteiger partial charge in [-0.25, -0.2) is 9.67 Å². The summed E-state index contributed by atoms with van der Waals surface area (Å²) in [5, 5.41) is 3.57. The Morgan fingerprint density at radius 1 is 1.25 bits per heavy atom. The fourth-order valence-corrected chi connectivity index (χ4v) is 1.16. The maximum atomic E-state index is 12.3. The zero-order chi connectivity index (χ0) is 11.8. The van der Waals surface area contributed by atoms with Gasteiger partial charge in [-0.05, 0) is 12.1 Å². The zero-order valence-electron chi connectivity index (χ0n) is 7.94. The van der Waals surface area contributed by atoms with Crippen molar-refractivity contribution in [2.24, 2.45) is 0 Å². The van der Waals surface area contributed by atoms with Gasteiger partial charge in [0.25, 0.3) is 0 Å². The van der Waals surface area contributed by atoms with Crippen LogP contribution >= 0.6 is 0 Å². The van der Waals surface area contributed by atoms with E-state index >= 15 is 0 Å². The Morgan fingerprint density at radius 2 is 2.00 bits per heavy atom. The minimum absolute atomic E-state index is 0.224. The van der Waals surface area contributed by atoms with Crippen LogP contribution in [0.4, 0.5) is 19.0 Å². The predicted octanol–water partition coefficient (Wildman–Crippen LogP) is 1.87. The summed E-state index contributed by atoms with van der Waals surface area (Å²) < 4.78 is 37.9. The van der Waals surface area contributed by atoms with Gasteiger partial charge >= 0.3 is 6.18 Å². The van der Waals surface area contributed by atoms with Gasteiger partial charge < -0.3 is 5.73 Å². The molecule has 0 amide bonds. The molecule has 0 saturated heterocycles. The van der Waals surface area contributed by atoms with Gasteiger partial charge in [-0.3, -0.25) is 0 Å². The lowest BCUT2D eigenvalue weighted by atomic mass is 10.3. The summed E-state index contributed by atoms with van der Waals surface area (Å²) in [4.78, 5) is 3.85. The van der Waals surface area contributed by atoms with E-state index in [9.17, 15) is 13.2 Å². The summed E-state index contributed by atoms with van der Waals surface area (Å²) in [6.07, 6.45) is -2.80. The van der Waals surface area contributed by atoms with Crippen LogP contribution in [0.3, 0.4) is 0 Å². The average Bonchev–Trinajstić information content (AvgIpc) is 2.65. The molecule has 2 heterocycles. The van der Waals surface area contributed by atoms with Crippen LogP contribution in [-0.4, -0.2) is 14.8 Å². The topological polar surface area (TPSA) is 56.7 Å². The molecule has 7 heteroatoms. The van der Waals surface area contributed by atoms with Gasteiger partial charge in [0.05, 0.1) is 11.8 Å². The van der Waals surface area contributed by atoms with Crippen LogP contribution in [0.1, 0.15) is 5.56 Å². The molecule has 4 nitrogen and oxygen atoms in total. The number of alkyl halides is 3. The van der Waals surface area contributed by atoms with E-state index in [1.807, 2.05) is 0 Å². The van der Waals surface area contributed by atoms with Crippen LogP contribution in [0.5, 0.6) is 0 Å². The normalized spacial score (nSPS) is 11.7. The molecule has 2 aromatic rings. The minimum atomic E-state index is -4.40. The first-order valence-electron chi connectivity index (χ1n) is 4.31. The quantitative estimate of drug-likeness (QED) is 0.810. The average molecular weight is 228 g/mol. The van der Waals surface area contributed by atoms with E-state index in [1.54, 1.807) is 6.07 Å². The maximum Gasteiger partial charge on any atom is 0.419 e. The molecular weight excluding hydrogens is 221 g/mol. The first kappa shape index (κ1) is 10.5. The van der Waals surface area contributed by atoms with Crippen LogP contribution in [0.2, 0.25) is 0 Å². The molecule has 0 saturated carbocycles. The number of hydrogen-bond donors (Lipinski definition) is 1. The number of pyridine rings is 1. The fourth-order valence-electron chi connectivity index (χ4n) is 1.16. The van der Waals surface area contributed by atoms with Gasteiger partial charge in [0.15, 0.2) is 5.82 Å². The van der Waals surface area contributed by atoms with Crippen LogP contribution in [-0.2, 0) is 6.18 Å². The largest absolute Gasteiger partial charge is 0.419 e. The molecule has 0 radical (unpaired) electrons. The van der Waals surface area contributed by atoms with Crippen molar-refractivity contribution < 1.29 is 13.2 Å². The molecule has 0 atom stereocenters. The van der Waals surface area contributed by atoms with Gasteiger partial charge in [0.1, 0.15) is 5.82 Å². The molecule has 0 aliphatic carbocycles. The first-order chi connectivity index (χ1) is 7.47. The third-order valence-corrected chi connectivity index (χ3v) is 1.90.